The van der Waals surface area contributed by atoms with Gasteiger partial charge in [-0.3, -0.25) is 4.98 Å². The summed E-state index contributed by atoms with van der Waals surface area (Å²) in [7, 11) is 0. The predicted octanol–water partition coefficient (Wildman–Crippen LogP) is 2.30. The third kappa shape index (κ3) is 1.15. The highest BCUT2D eigenvalue weighted by atomic mass is 16.3. The molecule has 3 rings (SSSR count). The van der Waals surface area contributed by atoms with Gasteiger partial charge >= 0.3 is 0 Å². The van der Waals surface area contributed by atoms with Crippen LogP contribution in [0.25, 0.3) is 17.1 Å². The van der Waals surface area contributed by atoms with Crippen LogP contribution < -0.4 is 0 Å². The number of hydrogen-bond donors (Lipinski definition) is 0. The molecule has 3 aromatic heterocycles. The predicted molar refractivity (Wildman–Crippen MR) is 55.4 cm³/mol. The summed E-state index contributed by atoms with van der Waals surface area (Å²) >= 11 is 0. The number of aromatic nitrogens is 3. The van der Waals surface area contributed by atoms with Crippen molar-refractivity contribution in [3.05, 3.63) is 42.7 Å². The third-order valence-corrected chi connectivity index (χ3v) is 2.42. The lowest BCUT2D eigenvalue weighted by molar-refractivity contribution is 0.580. The van der Waals surface area contributed by atoms with Gasteiger partial charge in [-0.15, -0.1) is 0 Å². The number of nitrogens with zero attached hydrogens (tertiary/aromatic N) is 3. The average molecular weight is 199 g/mol. The van der Waals surface area contributed by atoms with Crippen molar-refractivity contribution in [2.24, 2.45) is 0 Å². The molecular weight excluding hydrogens is 190 g/mol. The molecule has 74 valence electrons. The summed E-state index contributed by atoms with van der Waals surface area (Å²) in [4.78, 5) is 8.50. The molecular formula is C11H9N3O. The number of aryl methyl sites for hydroxylation is 1. The summed E-state index contributed by atoms with van der Waals surface area (Å²) in [5.74, 6) is 0.788. The second-order valence-electron chi connectivity index (χ2n) is 3.33. The van der Waals surface area contributed by atoms with Crippen LogP contribution in [-0.2, 0) is 0 Å². The van der Waals surface area contributed by atoms with E-state index in [9.17, 15) is 0 Å². The van der Waals surface area contributed by atoms with Crippen molar-refractivity contribution in [1.82, 2.24) is 14.4 Å². The molecule has 3 aromatic rings. The minimum absolute atomic E-state index is 0.788. The first kappa shape index (κ1) is 8.23. The van der Waals surface area contributed by atoms with Crippen molar-refractivity contribution in [2.75, 3.05) is 0 Å². The average Bonchev–Trinajstić information content (AvgIpc) is 2.87. The van der Waals surface area contributed by atoms with Crippen molar-refractivity contribution < 1.29 is 4.42 Å². The second-order valence-corrected chi connectivity index (χ2v) is 3.33. The summed E-state index contributed by atoms with van der Waals surface area (Å²) in [6, 6.07) is 3.76. The largest absolute Gasteiger partial charge is 0.463 e. The molecule has 0 amide bonds. The van der Waals surface area contributed by atoms with Gasteiger partial charge in [0.15, 0.2) is 11.4 Å². The highest BCUT2D eigenvalue weighted by Crippen LogP contribution is 2.23. The molecule has 3 heterocycles. The van der Waals surface area contributed by atoms with Crippen molar-refractivity contribution >= 4 is 5.65 Å². The zero-order valence-electron chi connectivity index (χ0n) is 8.21. The SMILES string of the molecule is Cc1c(-c2ccco2)nc2cnccn12. The Labute approximate surface area is 86.2 Å². The van der Waals surface area contributed by atoms with Crippen LogP contribution in [0.1, 0.15) is 5.69 Å². The van der Waals surface area contributed by atoms with Gasteiger partial charge in [0.05, 0.1) is 18.2 Å². The van der Waals surface area contributed by atoms with E-state index in [-0.39, 0.29) is 0 Å². The van der Waals surface area contributed by atoms with Gasteiger partial charge in [-0.1, -0.05) is 0 Å². The monoisotopic (exact) mass is 199 g/mol. The van der Waals surface area contributed by atoms with Crippen LogP contribution in [-0.4, -0.2) is 14.4 Å². The van der Waals surface area contributed by atoms with E-state index < -0.39 is 0 Å². The standard InChI is InChI=1S/C11H9N3O/c1-8-11(9-3-2-6-15-9)13-10-7-12-4-5-14(8)10/h2-7H,1H3. The molecule has 0 aliphatic heterocycles. The van der Waals surface area contributed by atoms with Crippen LogP contribution >= 0.6 is 0 Å². The summed E-state index contributed by atoms with van der Waals surface area (Å²) < 4.78 is 7.32. The molecule has 4 nitrogen and oxygen atoms in total. The minimum atomic E-state index is 0.788. The van der Waals surface area contributed by atoms with E-state index in [1.807, 2.05) is 29.7 Å². The molecule has 0 atom stereocenters. The van der Waals surface area contributed by atoms with Crippen LogP contribution in [0.15, 0.2) is 41.4 Å². The van der Waals surface area contributed by atoms with Crippen molar-refractivity contribution in [3.63, 3.8) is 0 Å². The first-order chi connectivity index (χ1) is 7.36. The quantitative estimate of drug-likeness (QED) is 0.604. The molecule has 0 spiro atoms. The second kappa shape index (κ2) is 2.95. The first-order valence-corrected chi connectivity index (χ1v) is 4.69. The summed E-state index contributed by atoms with van der Waals surface area (Å²) in [5, 5.41) is 0. The van der Waals surface area contributed by atoms with Gasteiger partial charge in [0.1, 0.15) is 5.69 Å². The molecule has 4 heteroatoms. The van der Waals surface area contributed by atoms with Crippen molar-refractivity contribution in [2.45, 2.75) is 6.92 Å². The van der Waals surface area contributed by atoms with Crippen molar-refractivity contribution in [3.8, 4) is 11.5 Å². The summed E-state index contributed by atoms with van der Waals surface area (Å²) in [5.41, 5.74) is 2.76. The normalized spacial score (nSPS) is 11.0. The number of fused-ring (bicyclic) bond motifs is 1. The van der Waals surface area contributed by atoms with Crippen LogP contribution in [0.5, 0.6) is 0 Å². The van der Waals surface area contributed by atoms with E-state index in [1.54, 1.807) is 18.7 Å². The zero-order valence-corrected chi connectivity index (χ0v) is 8.21. The van der Waals surface area contributed by atoms with E-state index in [0.29, 0.717) is 0 Å². The van der Waals surface area contributed by atoms with E-state index in [4.69, 9.17) is 4.42 Å². The minimum Gasteiger partial charge on any atom is -0.463 e. The molecule has 0 fully saturated rings. The fraction of sp³-hybridized carbons (Fsp3) is 0.0909. The molecule has 0 aliphatic rings. The molecule has 0 N–H and O–H groups in total. The molecule has 0 unspecified atom stereocenters. The molecule has 0 saturated carbocycles. The topological polar surface area (TPSA) is 43.3 Å². The van der Waals surface area contributed by atoms with Gasteiger partial charge in [0, 0.05) is 12.4 Å². The Morgan fingerprint density at radius 3 is 3.07 bits per heavy atom. The maximum atomic E-state index is 5.33. The number of furan rings is 1. The Kier molecular flexibility index (Phi) is 1.62. The van der Waals surface area contributed by atoms with Crippen LogP contribution in [0.4, 0.5) is 0 Å². The fourth-order valence-corrected chi connectivity index (χ4v) is 1.68. The Hall–Kier alpha value is -2.10. The Bertz CT molecular complexity index is 595. The van der Waals surface area contributed by atoms with E-state index in [0.717, 1.165) is 22.8 Å². The number of hydrogen-bond acceptors (Lipinski definition) is 3. The molecule has 0 aromatic carbocycles. The third-order valence-electron chi connectivity index (χ3n) is 2.42. The van der Waals surface area contributed by atoms with E-state index in [2.05, 4.69) is 9.97 Å². The van der Waals surface area contributed by atoms with Crippen LogP contribution in [0.2, 0.25) is 0 Å². The fourth-order valence-electron chi connectivity index (χ4n) is 1.68. The van der Waals surface area contributed by atoms with Gasteiger partial charge in [-0.25, -0.2) is 4.98 Å². The maximum Gasteiger partial charge on any atom is 0.156 e. The molecule has 0 radical (unpaired) electrons. The Morgan fingerprint density at radius 2 is 2.33 bits per heavy atom. The van der Waals surface area contributed by atoms with Gasteiger partial charge in [0.25, 0.3) is 0 Å². The van der Waals surface area contributed by atoms with E-state index >= 15 is 0 Å². The maximum absolute atomic E-state index is 5.33. The van der Waals surface area contributed by atoms with Crippen LogP contribution in [0.3, 0.4) is 0 Å². The van der Waals surface area contributed by atoms with Crippen molar-refractivity contribution in [1.29, 1.82) is 0 Å². The molecule has 0 aliphatic carbocycles. The van der Waals surface area contributed by atoms with Crippen LogP contribution in [0, 0.1) is 6.92 Å². The lowest BCUT2D eigenvalue weighted by atomic mass is 10.3. The van der Waals surface area contributed by atoms with Gasteiger partial charge in [0.2, 0.25) is 0 Å². The molecule has 0 bridgehead atoms. The number of imidazole rings is 1. The van der Waals surface area contributed by atoms with Gasteiger partial charge < -0.3 is 8.82 Å². The Morgan fingerprint density at radius 1 is 1.40 bits per heavy atom. The zero-order chi connectivity index (χ0) is 10.3. The van der Waals surface area contributed by atoms with E-state index in [1.165, 1.54) is 0 Å². The smallest absolute Gasteiger partial charge is 0.156 e. The summed E-state index contributed by atoms with van der Waals surface area (Å²) in [6.45, 7) is 2.01. The van der Waals surface area contributed by atoms with Gasteiger partial charge in [-0.2, -0.15) is 0 Å². The lowest BCUT2D eigenvalue weighted by Crippen LogP contribution is -1.86. The summed E-state index contributed by atoms with van der Waals surface area (Å²) in [6.07, 6.45) is 7.02. The first-order valence-electron chi connectivity index (χ1n) is 4.69. The Balaban J connectivity index is 2.33. The molecule has 0 saturated heterocycles. The highest BCUT2D eigenvalue weighted by molar-refractivity contribution is 5.60. The van der Waals surface area contributed by atoms with Gasteiger partial charge in [-0.05, 0) is 19.1 Å². The highest BCUT2D eigenvalue weighted by Gasteiger charge is 2.11. The lowest BCUT2D eigenvalue weighted by Gasteiger charge is -1.94. The number of rotatable bonds is 1. The molecule has 15 heavy (non-hydrogen) atoms.